The van der Waals surface area contributed by atoms with E-state index in [4.69, 9.17) is 18.5 Å². The molecule has 0 aliphatic rings. The van der Waals surface area contributed by atoms with Crippen LogP contribution in [0.5, 0.6) is 0 Å². The van der Waals surface area contributed by atoms with Crippen molar-refractivity contribution in [2.75, 3.05) is 54.1 Å². The highest BCUT2D eigenvalue weighted by atomic mass is 31.2. The van der Waals surface area contributed by atoms with Crippen LogP contribution in [0.3, 0.4) is 0 Å². The minimum absolute atomic E-state index is 0.0148. The summed E-state index contributed by atoms with van der Waals surface area (Å²) >= 11 is 0. The SMILES string of the molecule is CC/C=C\C/C=C\C/C=C\C/C=C\C/C=C\C/C=C\CCCCCCC(=O)OC(COCCCCCCCC/C=C\CCC)COP(=O)([O-])OCC[N+](C)(C)C. The Morgan fingerprint density at radius 1 is 0.571 bits per heavy atom. The highest BCUT2D eigenvalue weighted by Gasteiger charge is 2.20. The van der Waals surface area contributed by atoms with Gasteiger partial charge >= 0.3 is 5.97 Å². The van der Waals surface area contributed by atoms with Crippen LogP contribution >= 0.6 is 7.82 Å². The molecule has 322 valence electrons. The monoisotopic (exact) mass is 804 g/mol. The largest absolute Gasteiger partial charge is 0.756 e. The molecule has 0 fully saturated rings. The van der Waals surface area contributed by atoms with Gasteiger partial charge in [-0.2, -0.15) is 0 Å². The molecule has 0 radical (unpaired) electrons. The van der Waals surface area contributed by atoms with Crippen LogP contribution < -0.4 is 4.89 Å². The lowest BCUT2D eigenvalue weighted by Gasteiger charge is -2.28. The number of rotatable bonds is 39. The van der Waals surface area contributed by atoms with E-state index in [0.29, 0.717) is 17.6 Å². The second-order valence-electron chi connectivity index (χ2n) is 15.3. The zero-order valence-corrected chi connectivity index (χ0v) is 37.2. The number of esters is 1. The molecule has 0 aromatic heterocycles. The molecule has 0 heterocycles. The molecule has 0 saturated heterocycles. The van der Waals surface area contributed by atoms with Crippen LogP contribution in [0.15, 0.2) is 85.1 Å². The number of carbonyl (C=O) groups excluding carboxylic acids is 1. The van der Waals surface area contributed by atoms with E-state index in [0.717, 1.165) is 96.3 Å². The minimum atomic E-state index is -4.54. The van der Waals surface area contributed by atoms with Gasteiger partial charge in [0.05, 0.1) is 34.4 Å². The van der Waals surface area contributed by atoms with E-state index in [1.807, 2.05) is 21.1 Å². The molecular weight excluding hydrogens is 721 g/mol. The van der Waals surface area contributed by atoms with Crippen LogP contribution in [-0.2, 0) is 27.9 Å². The summed E-state index contributed by atoms with van der Waals surface area (Å²) in [6, 6.07) is 0. The molecule has 0 amide bonds. The van der Waals surface area contributed by atoms with Gasteiger partial charge in [-0.1, -0.05) is 144 Å². The summed E-state index contributed by atoms with van der Waals surface area (Å²) in [6.45, 7) is 5.16. The molecule has 8 nitrogen and oxygen atoms in total. The van der Waals surface area contributed by atoms with Crippen molar-refractivity contribution in [1.82, 2.24) is 0 Å². The molecule has 56 heavy (non-hydrogen) atoms. The Morgan fingerprint density at radius 3 is 1.57 bits per heavy atom. The highest BCUT2D eigenvalue weighted by Crippen LogP contribution is 2.38. The number of hydrogen-bond acceptors (Lipinski definition) is 7. The highest BCUT2D eigenvalue weighted by molar-refractivity contribution is 7.45. The number of ether oxygens (including phenoxy) is 2. The number of likely N-dealkylation sites (N-methyl/N-ethyl adjacent to an activating group) is 1. The molecule has 0 aliphatic heterocycles. The zero-order valence-electron chi connectivity index (χ0n) is 36.3. The van der Waals surface area contributed by atoms with E-state index in [1.165, 1.54) is 32.1 Å². The Morgan fingerprint density at radius 2 is 1.04 bits per heavy atom. The molecule has 0 aromatic rings. The van der Waals surface area contributed by atoms with Crippen LogP contribution in [-0.4, -0.2) is 70.7 Å². The van der Waals surface area contributed by atoms with Gasteiger partial charge in [-0.05, 0) is 83.5 Å². The molecule has 0 bridgehead atoms. The maximum absolute atomic E-state index is 12.7. The number of hydrogen-bond donors (Lipinski definition) is 0. The Labute approximate surface area is 344 Å². The molecule has 0 saturated carbocycles. The van der Waals surface area contributed by atoms with E-state index in [9.17, 15) is 14.3 Å². The van der Waals surface area contributed by atoms with Crippen molar-refractivity contribution in [3.63, 3.8) is 0 Å². The maximum atomic E-state index is 12.7. The van der Waals surface area contributed by atoms with Crippen molar-refractivity contribution in [2.24, 2.45) is 0 Å². The average molecular weight is 804 g/mol. The number of nitrogens with zero attached hydrogens (tertiary/aromatic N) is 1. The van der Waals surface area contributed by atoms with Gasteiger partial charge in [0.15, 0.2) is 0 Å². The second kappa shape index (κ2) is 39.5. The van der Waals surface area contributed by atoms with Gasteiger partial charge in [0.2, 0.25) is 0 Å². The summed E-state index contributed by atoms with van der Waals surface area (Å²) in [5.41, 5.74) is 0. The van der Waals surface area contributed by atoms with Crippen molar-refractivity contribution in [2.45, 2.75) is 155 Å². The van der Waals surface area contributed by atoms with E-state index in [1.54, 1.807) is 0 Å². The normalized spacial score (nSPS) is 14.6. The number of unbranched alkanes of at least 4 members (excludes halogenated alkanes) is 11. The lowest BCUT2D eigenvalue weighted by molar-refractivity contribution is -0.870. The van der Waals surface area contributed by atoms with Crippen LogP contribution in [0, 0.1) is 0 Å². The fourth-order valence-electron chi connectivity index (χ4n) is 5.31. The first-order chi connectivity index (χ1) is 27.1. The fraction of sp³-hybridized carbons (Fsp3) is 0.681. The minimum Gasteiger partial charge on any atom is -0.756 e. The number of allylic oxidation sites excluding steroid dienone is 14. The summed E-state index contributed by atoms with van der Waals surface area (Å²) in [4.78, 5) is 25.0. The lowest BCUT2D eigenvalue weighted by atomic mass is 10.1. The third-order valence-corrected chi connectivity index (χ3v) is 9.63. The number of phosphoric ester groups is 1. The van der Waals surface area contributed by atoms with Gasteiger partial charge in [0, 0.05) is 13.0 Å². The van der Waals surface area contributed by atoms with Gasteiger partial charge < -0.3 is 27.9 Å². The van der Waals surface area contributed by atoms with E-state index in [2.05, 4.69) is 98.9 Å². The van der Waals surface area contributed by atoms with Crippen molar-refractivity contribution in [3.8, 4) is 0 Å². The lowest BCUT2D eigenvalue weighted by Crippen LogP contribution is -2.37. The number of phosphoric acid groups is 1. The van der Waals surface area contributed by atoms with Crippen molar-refractivity contribution >= 4 is 13.8 Å². The maximum Gasteiger partial charge on any atom is 0.306 e. The fourth-order valence-corrected chi connectivity index (χ4v) is 6.04. The predicted octanol–water partition coefficient (Wildman–Crippen LogP) is 12.2. The summed E-state index contributed by atoms with van der Waals surface area (Å²) in [5, 5.41) is 0. The first-order valence-corrected chi connectivity index (χ1v) is 23.3. The van der Waals surface area contributed by atoms with Gasteiger partial charge in [0.25, 0.3) is 7.82 Å². The average Bonchev–Trinajstić information content (AvgIpc) is 3.15. The smallest absolute Gasteiger partial charge is 0.306 e. The summed E-state index contributed by atoms with van der Waals surface area (Å²) in [7, 11) is 1.32. The first-order valence-electron chi connectivity index (χ1n) is 21.8. The van der Waals surface area contributed by atoms with Crippen LogP contribution in [0.2, 0.25) is 0 Å². The third kappa shape index (κ3) is 42.8. The molecule has 0 rings (SSSR count). The van der Waals surface area contributed by atoms with Crippen molar-refractivity contribution in [3.05, 3.63) is 85.1 Å². The molecule has 0 aliphatic carbocycles. The van der Waals surface area contributed by atoms with Gasteiger partial charge in [-0.15, -0.1) is 0 Å². The summed E-state index contributed by atoms with van der Waals surface area (Å²) in [6.07, 6.45) is 51.7. The third-order valence-electron chi connectivity index (χ3n) is 8.66. The number of quaternary nitrogens is 1. The predicted molar refractivity (Wildman–Crippen MR) is 235 cm³/mol. The summed E-state index contributed by atoms with van der Waals surface area (Å²) < 4.78 is 34.5. The molecular formula is C47H82NO7P. The van der Waals surface area contributed by atoms with Gasteiger partial charge in [0.1, 0.15) is 19.3 Å². The van der Waals surface area contributed by atoms with E-state index < -0.39 is 13.9 Å². The van der Waals surface area contributed by atoms with Crippen LogP contribution in [0.1, 0.15) is 149 Å². The first kappa shape index (κ1) is 53.7. The second-order valence-corrected chi connectivity index (χ2v) is 16.7. The van der Waals surface area contributed by atoms with Gasteiger partial charge in [-0.3, -0.25) is 9.36 Å². The molecule has 9 heteroatoms. The molecule has 2 unspecified atom stereocenters. The van der Waals surface area contributed by atoms with Gasteiger partial charge in [-0.25, -0.2) is 0 Å². The Kier molecular flexibility index (Phi) is 37.9. The zero-order chi connectivity index (χ0) is 41.3. The molecule has 0 spiro atoms. The number of carbonyl (C=O) groups is 1. The molecule has 0 aromatic carbocycles. The quantitative estimate of drug-likeness (QED) is 0.0201. The molecule has 2 atom stereocenters. The Hall–Kier alpha value is -2.32. The van der Waals surface area contributed by atoms with Crippen LogP contribution in [0.25, 0.3) is 0 Å². The topological polar surface area (TPSA) is 94.1 Å². The van der Waals surface area contributed by atoms with E-state index >= 15 is 0 Å². The van der Waals surface area contributed by atoms with Crippen LogP contribution in [0.4, 0.5) is 0 Å². The van der Waals surface area contributed by atoms with Crippen molar-refractivity contribution < 1.29 is 37.3 Å². The summed E-state index contributed by atoms with van der Waals surface area (Å²) in [5.74, 6) is -0.365. The Balaban J connectivity index is 4.28. The van der Waals surface area contributed by atoms with Crippen molar-refractivity contribution in [1.29, 1.82) is 0 Å². The Bertz CT molecular complexity index is 1170. The molecule has 0 N–H and O–H groups in total. The standard InChI is InChI=1S/C47H82NO7P/c1-6-8-10-12-14-16-18-19-20-21-22-23-24-25-26-27-28-29-30-32-34-36-38-40-47(49)55-46(45-54-56(50,51)53-43-41-48(3,4)5)44-52-42-39-37-35-33-31-17-15-13-11-9-7-2/h8,10-11,13-14,16,19-20,22-23,25-26,28-29,46H,6-7,9,12,15,17-18,21,24,27,30-45H2,1-5H3/b10-8-,13-11-,16-14-,20-19-,23-22-,26-25-,29-28-. The van der Waals surface area contributed by atoms with E-state index in [-0.39, 0.29) is 32.2 Å².